The third-order valence-corrected chi connectivity index (χ3v) is 23.1. The highest BCUT2D eigenvalue weighted by Gasteiger charge is 2.41. The summed E-state index contributed by atoms with van der Waals surface area (Å²) < 4.78 is 0. The Balaban J connectivity index is 2.12. The van der Waals surface area contributed by atoms with Gasteiger partial charge in [-0.1, -0.05) is 139 Å². The molecule has 0 unspecified atom stereocenters. The van der Waals surface area contributed by atoms with Gasteiger partial charge in [0.25, 0.3) is 0 Å². The molecule has 48 nitrogen and oxygen atoms in total. The Labute approximate surface area is 823 Å². The van der Waals surface area contributed by atoms with E-state index >= 15 is 24.0 Å². The summed E-state index contributed by atoms with van der Waals surface area (Å²) in [5, 5.41) is 105. The number of guanidine groups is 3. The minimum absolute atomic E-state index is 0.0367. The first-order valence-corrected chi connectivity index (χ1v) is 48.2. The van der Waals surface area contributed by atoms with Gasteiger partial charge in [-0.15, -0.1) is 0 Å². The van der Waals surface area contributed by atoms with E-state index < -0.39 is 247 Å². The molecule has 0 fully saturated rings. The number of thioether (sulfide) groups is 1. The summed E-state index contributed by atoms with van der Waals surface area (Å²) >= 11 is 1.33. The van der Waals surface area contributed by atoms with Crippen LogP contribution in [-0.4, -0.2) is 292 Å². The van der Waals surface area contributed by atoms with E-state index in [1.54, 1.807) is 139 Å². The molecule has 15 amide bonds. The minimum Gasteiger partial charge on any atom is -0.481 e. The Morgan fingerprint density at radius 2 is 0.716 bits per heavy atom. The predicted molar refractivity (Wildman–Crippen MR) is 524 cm³/mol. The zero-order valence-corrected chi connectivity index (χ0v) is 81.9. The van der Waals surface area contributed by atoms with Crippen molar-refractivity contribution >= 4 is 136 Å². The SMILES string of the molecule is CC[C@H](C)[C@H](NC(=O)[C@H](Cc1ccccc1)NC(=O)[C@H](CC(=O)O)NC(=O)[C@H](CCCNC(=N)N)NC(=O)[C@H](Cc1ccccc1)NC(=O)[C@H](Cc1ccccc1)NC(=O)[C@H](CCCCN)NC(=O)[C@H](CO)N(C)C(=O)[C@H](CC(C)C)NC(=O)[C@H](CCCNC(=N)N)NC(=O)[C@H](CCSC)NC(=O)[C@@H](N)CCC(=O)O)C(=O)N[C@@H](CC(C)C)C(=O)N[C@@H](CCC(N)=O)C(=O)N[C@@H](CCCNC(=N)N)C(=O)O. The molecule has 782 valence electrons. The molecule has 0 aliphatic carbocycles. The molecule has 141 heavy (non-hydrogen) atoms. The molecular weight excluding hydrogens is 1850 g/mol. The van der Waals surface area contributed by atoms with E-state index in [0.29, 0.717) is 28.9 Å². The highest BCUT2D eigenvalue weighted by atomic mass is 32.2. The fourth-order valence-electron chi connectivity index (χ4n) is 14.6. The van der Waals surface area contributed by atoms with Gasteiger partial charge in [0.2, 0.25) is 88.6 Å². The number of amides is 15. The Hall–Kier alpha value is -13.8. The van der Waals surface area contributed by atoms with Crippen molar-refractivity contribution in [1.29, 1.82) is 16.2 Å². The third-order valence-electron chi connectivity index (χ3n) is 22.5. The number of hydrogen-bond donors (Lipinski definition) is 29. The topological polar surface area (TPSA) is 812 Å². The van der Waals surface area contributed by atoms with Crippen molar-refractivity contribution in [2.45, 2.75) is 267 Å². The van der Waals surface area contributed by atoms with Gasteiger partial charge in [-0.05, 0) is 143 Å². The highest BCUT2D eigenvalue weighted by molar-refractivity contribution is 7.98. The average Bonchev–Trinajstić information content (AvgIpc) is 0.832. The quantitative estimate of drug-likeness (QED) is 0.0144. The molecule has 0 saturated carbocycles. The van der Waals surface area contributed by atoms with Crippen molar-refractivity contribution in [2.75, 3.05) is 51.8 Å². The van der Waals surface area contributed by atoms with Crippen LogP contribution in [0.1, 0.15) is 174 Å². The third kappa shape index (κ3) is 47.6. The van der Waals surface area contributed by atoms with Gasteiger partial charge in [0.05, 0.1) is 19.1 Å². The van der Waals surface area contributed by atoms with Crippen molar-refractivity contribution in [3.63, 3.8) is 0 Å². The molecular formula is C92H146N26O22S. The van der Waals surface area contributed by atoms with Crippen molar-refractivity contribution < 1.29 is 107 Å². The van der Waals surface area contributed by atoms with Gasteiger partial charge in [-0.25, -0.2) is 4.79 Å². The van der Waals surface area contributed by atoms with Crippen LogP contribution < -0.4 is 119 Å². The number of aliphatic carboxylic acids is 3. The molecule has 0 radical (unpaired) electrons. The molecule has 0 aliphatic rings. The van der Waals surface area contributed by atoms with Crippen molar-refractivity contribution in [3.8, 4) is 0 Å². The second kappa shape index (κ2) is 65.2. The van der Waals surface area contributed by atoms with Gasteiger partial charge in [0.1, 0.15) is 84.6 Å². The van der Waals surface area contributed by atoms with Gasteiger partial charge in [0, 0.05) is 58.8 Å². The van der Waals surface area contributed by atoms with E-state index in [1.165, 1.54) is 11.8 Å². The van der Waals surface area contributed by atoms with Crippen LogP contribution in [0.3, 0.4) is 0 Å². The number of hydrogen-bond acceptors (Lipinski definition) is 25. The monoisotopic (exact) mass is 2000 g/mol. The average molecular weight is 2000 g/mol. The lowest BCUT2D eigenvalue weighted by Gasteiger charge is -2.32. The highest BCUT2D eigenvalue weighted by Crippen LogP contribution is 2.19. The van der Waals surface area contributed by atoms with Crippen molar-refractivity contribution in [1.82, 2.24) is 90.0 Å². The number of carbonyl (C=O) groups excluding carboxylic acids is 15. The fourth-order valence-corrected chi connectivity index (χ4v) is 15.0. The molecule has 0 spiro atoms. The first kappa shape index (κ1) is 121. The number of likely N-dealkylation sites (N-methyl/N-ethyl adjacent to an activating group) is 1. The van der Waals surface area contributed by atoms with Crippen LogP contribution in [-0.2, 0) is 106 Å². The number of nitrogens with two attached hydrogens (primary N) is 6. The lowest BCUT2D eigenvalue weighted by atomic mass is 9.95. The summed E-state index contributed by atoms with van der Waals surface area (Å²) in [5.41, 5.74) is 35.1. The maximum atomic E-state index is 15.3. The molecule has 0 saturated heterocycles. The second-order valence-corrected chi connectivity index (χ2v) is 36.1. The smallest absolute Gasteiger partial charge is 0.326 e. The lowest BCUT2D eigenvalue weighted by Crippen LogP contribution is -2.62. The molecule has 3 aromatic carbocycles. The Bertz CT molecular complexity index is 4630. The van der Waals surface area contributed by atoms with Crippen LogP contribution in [0.15, 0.2) is 91.0 Å². The van der Waals surface area contributed by atoms with Gasteiger partial charge in [-0.3, -0.25) is 97.7 Å². The zero-order chi connectivity index (χ0) is 106. The minimum atomic E-state index is -2.07. The van der Waals surface area contributed by atoms with Crippen LogP contribution in [0, 0.1) is 34.0 Å². The summed E-state index contributed by atoms with van der Waals surface area (Å²) in [4.78, 5) is 255. The number of aliphatic hydroxyl groups is 1. The number of nitrogens with one attached hydrogen (secondary N) is 19. The Morgan fingerprint density at radius 3 is 1.09 bits per heavy atom. The number of carboxylic acids is 3. The first-order valence-electron chi connectivity index (χ1n) is 46.8. The summed E-state index contributed by atoms with van der Waals surface area (Å²) in [7, 11) is 1.16. The van der Waals surface area contributed by atoms with E-state index in [1.807, 2.05) is 0 Å². The van der Waals surface area contributed by atoms with Crippen molar-refractivity contribution in [3.05, 3.63) is 108 Å². The number of primary amides is 1. The van der Waals surface area contributed by atoms with E-state index in [2.05, 4.69) is 85.1 Å². The molecule has 0 bridgehead atoms. The summed E-state index contributed by atoms with van der Waals surface area (Å²) in [6.07, 6.45) is -2.05. The van der Waals surface area contributed by atoms with Crippen LogP contribution in [0.2, 0.25) is 0 Å². The van der Waals surface area contributed by atoms with E-state index in [9.17, 15) is 82.8 Å². The number of rotatable bonds is 69. The molecule has 3 aromatic rings. The number of carboxylic acid groups (broad SMARTS) is 3. The van der Waals surface area contributed by atoms with Crippen LogP contribution in [0.5, 0.6) is 0 Å². The van der Waals surface area contributed by atoms with Crippen LogP contribution >= 0.6 is 11.8 Å². The van der Waals surface area contributed by atoms with Gasteiger partial charge >= 0.3 is 17.9 Å². The van der Waals surface area contributed by atoms with E-state index in [-0.39, 0.29) is 147 Å². The normalized spacial score (nSPS) is 14.5. The fraction of sp³-hybridized carbons (Fsp3) is 0.576. The molecule has 35 N–H and O–H groups in total. The number of unbranched alkanes of at least 4 members (excludes halogenated alkanes) is 1. The summed E-state index contributed by atoms with van der Waals surface area (Å²) in [6.45, 7) is 9.22. The molecule has 3 rings (SSSR count). The van der Waals surface area contributed by atoms with Gasteiger partial charge < -0.3 is 145 Å². The molecule has 16 atom stereocenters. The van der Waals surface area contributed by atoms with E-state index in [0.717, 1.165) is 11.9 Å². The molecule has 0 heterocycles. The summed E-state index contributed by atoms with van der Waals surface area (Å²) in [5.74, 6) is -21.6. The predicted octanol–water partition coefficient (Wildman–Crippen LogP) is -4.34. The van der Waals surface area contributed by atoms with Crippen LogP contribution in [0.25, 0.3) is 0 Å². The standard InChI is InChI=1S/C92H146N26O22S/c1-9-53(6)74(87(137)115-64(44-51(2)3)81(131)108-61(35-36-71(95)120)79(129)110-63(89(139)140)33-23-42-104-92(100)101)117-85(135)67(48-56-28-17-12-18-29-56)113-84(134)68(49-73(123)124)114-77(127)59(31-21-40-102-90(96)97)107-82(132)65(46-54-24-13-10-14-25-54)112-83(133)66(47-55-26-15-11-16-27-55)111-76(126)58(30-19-20-39-93)109-86(136)70(50-119)118(7)88(138)69(45-52(4)5)116-78(128)60(32-22-41-103-91(98)99)106-80(130)62(38-43-141-8)105-75(125)57(94)34-37-72(121)122/h10-18,24-29,51-53,57-70,74,119H,9,19-23,30-50,93-94H2,1-8H3,(H2,95,120)(H,105,125)(H,106,130)(H,107,132)(H,108,131)(H,109,136)(H,110,129)(H,111,126)(H,112,133)(H,113,134)(H,114,127)(H,115,137)(H,116,128)(H,117,135)(H,121,122)(H,123,124)(H,139,140)(H4,96,97,102)(H4,98,99,103)(H4,100,101,104)/t53-,57-,58-,59-,60-,61-,62-,63-,64-,65-,66-,67-,68-,69-,70-,74-/m0/s1. The Morgan fingerprint density at radius 1 is 0.383 bits per heavy atom. The number of carbonyl (C=O) groups is 18. The Kier molecular flexibility index (Phi) is 56.1. The number of aliphatic hydroxyl groups excluding tert-OH is 1. The zero-order valence-electron chi connectivity index (χ0n) is 81.1. The van der Waals surface area contributed by atoms with Gasteiger partial charge in [0.15, 0.2) is 17.9 Å². The largest absolute Gasteiger partial charge is 0.481 e. The molecule has 49 heteroatoms. The van der Waals surface area contributed by atoms with Crippen molar-refractivity contribution in [2.24, 2.45) is 52.2 Å². The number of benzene rings is 3. The second-order valence-electron chi connectivity index (χ2n) is 35.1. The van der Waals surface area contributed by atoms with Gasteiger partial charge in [-0.2, -0.15) is 11.8 Å². The lowest BCUT2D eigenvalue weighted by molar-refractivity contribution is -0.144. The van der Waals surface area contributed by atoms with E-state index in [4.69, 9.17) is 50.6 Å². The maximum Gasteiger partial charge on any atom is 0.326 e. The molecule has 0 aromatic heterocycles. The number of nitrogens with zero attached hydrogens (tertiary/aromatic N) is 1. The summed E-state index contributed by atoms with van der Waals surface area (Å²) in [6, 6.07) is 0.721. The molecule has 0 aliphatic heterocycles. The van der Waals surface area contributed by atoms with Crippen LogP contribution in [0.4, 0.5) is 0 Å². The maximum absolute atomic E-state index is 15.3. The first-order chi connectivity index (χ1) is 66.7.